The zero-order chi connectivity index (χ0) is 29.8. The molecule has 42 heavy (non-hydrogen) atoms. The molecule has 0 unspecified atom stereocenters. The van der Waals surface area contributed by atoms with Crippen LogP contribution in [0, 0.1) is 16.2 Å². The molecule has 7 aromatic rings. The minimum absolute atomic E-state index is 0.115. The molecule has 3 aromatic heterocycles. The van der Waals surface area contributed by atoms with Crippen LogP contribution in [0.25, 0.3) is 59.9 Å². The normalized spacial score (nSPS) is 13.6. The van der Waals surface area contributed by atoms with Crippen molar-refractivity contribution < 1.29 is 0 Å². The molecule has 0 aliphatic heterocycles. The summed E-state index contributed by atoms with van der Waals surface area (Å²) in [5.41, 5.74) is 10.6. The predicted molar refractivity (Wildman–Crippen MR) is 181 cm³/mol. The SMILES string of the molecule is CC(C)(C)Cc1ccc2c(CC(C)(C)C)c3c(cc2c1)c1ncnc2ccc4c5ccc(CC(C)(C)C)cc5n3c4c21. The van der Waals surface area contributed by atoms with Gasteiger partial charge in [-0.15, -0.1) is 0 Å². The van der Waals surface area contributed by atoms with E-state index in [-0.39, 0.29) is 16.2 Å². The summed E-state index contributed by atoms with van der Waals surface area (Å²) >= 11 is 0. The molecule has 0 saturated heterocycles. The number of rotatable bonds is 3. The van der Waals surface area contributed by atoms with Gasteiger partial charge in [0.05, 0.1) is 33.0 Å². The van der Waals surface area contributed by atoms with Crippen molar-refractivity contribution in [1.29, 1.82) is 0 Å². The van der Waals surface area contributed by atoms with Gasteiger partial charge in [0, 0.05) is 16.2 Å². The molecular formula is C39H43N3. The Morgan fingerprint density at radius 2 is 1.19 bits per heavy atom. The van der Waals surface area contributed by atoms with Crippen LogP contribution in [0.5, 0.6) is 0 Å². The number of fused-ring (bicyclic) bond motifs is 7. The molecule has 3 heterocycles. The number of nitrogens with zero attached hydrogens (tertiary/aromatic N) is 3. The van der Waals surface area contributed by atoms with Gasteiger partial charge in [0.2, 0.25) is 0 Å². The molecule has 214 valence electrons. The second-order valence-electron chi connectivity index (χ2n) is 16.3. The van der Waals surface area contributed by atoms with Crippen molar-refractivity contribution in [3.63, 3.8) is 0 Å². The summed E-state index contributed by atoms with van der Waals surface area (Å²) in [6, 6.07) is 21.2. The van der Waals surface area contributed by atoms with Gasteiger partial charge in [-0.1, -0.05) is 92.6 Å². The summed E-state index contributed by atoms with van der Waals surface area (Å²) < 4.78 is 2.58. The summed E-state index contributed by atoms with van der Waals surface area (Å²) in [4.78, 5) is 9.75. The van der Waals surface area contributed by atoms with Crippen molar-refractivity contribution >= 4 is 59.9 Å². The Balaban J connectivity index is 1.71. The van der Waals surface area contributed by atoms with Gasteiger partial charge in [0.15, 0.2) is 0 Å². The summed E-state index contributed by atoms with van der Waals surface area (Å²) in [6.45, 7) is 21.0. The van der Waals surface area contributed by atoms with Crippen molar-refractivity contribution in [2.75, 3.05) is 0 Å². The van der Waals surface area contributed by atoms with E-state index in [1.54, 1.807) is 6.33 Å². The first-order chi connectivity index (χ1) is 19.7. The van der Waals surface area contributed by atoms with Crippen LogP contribution in [0.3, 0.4) is 0 Å². The van der Waals surface area contributed by atoms with Gasteiger partial charge in [-0.3, -0.25) is 0 Å². The Labute approximate surface area is 249 Å². The molecule has 0 spiro atoms. The van der Waals surface area contributed by atoms with Crippen LogP contribution in [-0.4, -0.2) is 14.4 Å². The molecule has 0 radical (unpaired) electrons. The second-order valence-corrected chi connectivity index (χ2v) is 16.3. The van der Waals surface area contributed by atoms with Crippen LogP contribution in [0.15, 0.2) is 60.9 Å². The van der Waals surface area contributed by atoms with E-state index < -0.39 is 0 Å². The average molecular weight is 554 g/mol. The van der Waals surface area contributed by atoms with Crippen LogP contribution >= 0.6 is 0 Å². The minimum Gasteiger partial charge on any atom is -0.307 e. The summed E-state index contributed by atoms with van der Waals surface area (Å²) in [6.07, 6.45) is 4.81. The largest absolute Gasteiger partial charge is 0.307 e. The highest BCUT2D eigenvalue weighted by molar-refractivity contribution is 6.28. The van der Waals surface area contributed by atoms with Gasteiger partial charge in [0.1, 0.15) is 6.33 Å². The van der Waals surface area contributed by atoms with E-state index in [1.165, 1.54) is 65.6 Å². The van der Waals surface area contributed by atoms with Crippen molar-refractivity contribution in [3.05, 3.63) is 77.6 Å². The lowest BCUT2D eigenvalue weighted by Crippen LogP contribution is -2.12. The van der Waals surface area contributed by atoms with Crippen LogP contribution < -0.4 is 0 Å². The third kappa shape index (κ3) is 4.49. The average Bonchev–Trinajstić information content (AvgIpc) is 3.19. The molecule has 0 N–H and O–H groups in total. The first-order valence-corrected chi connectivity index (χ1v) is 15.5. The summed E-state index contributed by atoms with van der Waals surface area (Å²) in [5.74, 6) is 0. The third-order valence-electron chi connectivity index (χ3n) is 8.53. The Morgan fingerprint density at radius 3 is 1.86 bits per heavy atom. The molecule has 0 atom stereocenters. The Bertz CT molecular complexity index is 2160. The maximum absolute atomic E-state index is 5.00. The quantitative estimate of drug-likeness (QED) is 0.161. The van der Waals surface area contributed by atoms with Gasteiger partial charge in [-0.2, -0.15) is 0 Å². The Morgan fingerprint density at radius 1 is 0.571 bits per heavy atom. The fourth-order valence-electron chi connectivity index (χ4n) is 7.24. The van der Waals surface area contributed by atoms with Crippen molar-refractivity contribution in [2.45, 2.75) is 81.6 Å². The highest BCUT2D eigenvalue weighted by Crippen LogP contribution is 2.44. The second kappa shape index (κ2) is 8.89. The van der Waals surface area contributed by atoms with Crippen LogP contribution in [0.1, 0.15) is 79.0 Å². The monoisotopic (exact) mass is 553 g/mol. The zero-order valence-corrected chi connectivity index (χ0v) is 26.7. The van der Waals surface area contributed by atoms with Gasteiger partial charge >= 0.3 is 0 Å². The van der Waals surface area contributed by atoms with Crippen molar-refractivity contribution in [2.24, 2.45) is 16.2 Å². The molecule has 0 aliphatic carbocycles. The fraction of sp³-hybridized carbons (Fsp3) is 0.385. The summed E-state index contributed by atoms with van der Waals surface area (Å²) in [7, 11) is 0. The molecule has 0 aliphatic rings. The number of hydrogen-bond acceptors (Lipinski definition) is 2. The van der Waals surface area contributed by atoms with E-state index in [1.807, 2.05) is 0 Å². The van der Waals surface area contributed by atoms with Gasteiger partial charge in [-0.05, 0) is 87.2 Å². The lowest BCUT2D eigenvalue weighted by atomic mass is 9.83. The molecule has 3 heteroatoms. The van der Waals surface area contributed by atoms with E-state index in [0.29, 0.717) is 0 Å². The third-order valence-corrected chi connectivity index (χ3v) is 8.53. The van der Waals surface area contributed by atoms with E-state index in [0.717, 1.165) is 30.3 Å². The molecular weight excluding hydrogens is 510 g/mol. The van der Waals surface area contributed by atoms with Crippen LogP contribution in [0.4, 0.5) is 0 Å². The molecule has 7 rings (SSSR count). The highest BCUT2D eigenvalue weighted by atomic mass is 14.9. The molecule has 4 aromatic carbocycles. The van der Waals surface area contributed by atoms with Crippen molar-refractivity contribution in [1.82, 2.24) is 14.4 Å². The summed E-state index contributed by atoms with van der Waals surface area (Å²) in [5, 5.41) is 7.64. The van der Waals surface area contributed by atoms with Gasteiger partial charge < -0.3 is 4.40 Å². The molecule has 0 amide bonds. The number of aromatic nitrogens is 3. The maximum Gasteiger partial charge on any atom is 0.116 e. The minimum atomic E-state index is 0.115. The lowest BCUT2D eigenvalue weighted by molar-refractivity contribution is 0.411. The highest BCUT2D eigenvalue weighted by Gasteiger charge is 2.25. The smallest absolute Gasteiger partial charge is 0.116 e. The maximum atomic E-state index is 5.00. The Kier molecular flexibility index (Phi) is 5.75. The number of pyridine rings is 1. The first kappa shape index (κ1) is 27.1. The van der Waals surface area contributed by atoms with Crippen LogP contribution in [-0.2, 0) is 19.3 Å². The van der Waals surface area contributed by atoms with E-state index in [2.05, 4.69) is 121 Å². The van der Waals surface area contributed by atoms with Gasteiger partial charge in [-0.25, -0.2) is 9.97 Å². The number of benzene rings is 4. The standard InChI is InChI=1S/C39H43N3/c1-37(2,3)19-23-10-12-26-25(16-23)18-29-34-33-31(40-22-41-34)15-14-28-27-13-11-24(20-38(4,5)6)17-32(27)42(36(28)33)35(29)30(26)21-39(7,8)9/h10-18,22H,19-21H2,1-9H3. The molecule has 0 saturated carbocycles. The lowest BCUT2D eigenvalue weighted by Gasteiger charge is -2.24. The zero-order valence-electron chi connectivity index (χ0n) is 26.7. The first-order valence-electron chi connectivity index (χ1n) is 15.5. The number of hydrogen-bond donors (Lipinski definition) is 0. The topological polar surface area (TPSA) is 30.2 Å². The fourth-order valence-corrected chi connectivity index (χ4v) is 7.24. The molecule has 3 nitrogen and oxygen atoms in total. The predicted octanol–water partition coefficient (Wildman–Crippen LogP) is 10.7. The van der Waals surface area contributed by atoms with E-state index >= 15 is 0 Å². The molecule has 0 bridgehead atoms. The van der Waals surface area contributed by atoms with E-state index in [9.17, 15) is 0 Å². The van der Waals surface area contributed by atoms with Crippen molar-refractivity contribution in [3.8, 4) is 0 Å². The molecule has 0 fully saturated rings. The van der Waals surface area contributed by atoms with E-state index in [4.69, 9.17) is 9.97 Å². The Hall–Kier alpha value is -3.72. The van der Waals surface area contributed by atoms with Crippen LogP contribution in [0.2, 0.25) is 0 Å². The van der Waals surface area contributed by atoms with Gasteiger partial charge in [0.25, 0.3) is 0 Å².